The number of aromatic nitrogens is 1. The van der Waals surface area contributed by atoms with E-state index in [4.69, 9.17) is 5.73 Å². The number of pyridine rings is 1. The third-order valence-corrected chi connectivity index (χ3v) is 2.44. The molecule has 16 heavy (non-hydrogen) atoms. The van der Waals surface area contributed by atoms with Crippen LogP contribution in [0.5, 0.6) is 0 Å². The molecule has 0 saturated heterocycles. The van der Waals surface area contributed by atoms with Gasteiger partial charge in [-0.05, 0) is 29.3 Å². The minimum absolute atomic E-state index is 0.206. The van der Waals surface area contributed by atoms with Gasteiger partial charge < -0.3 is 5.73 Å². The zero-order chi connectivity index (χ0) is 11.4. The van der Waals surface area contributed by atoms with Crippen LogP contribution in [0.1, 0.15) is 16.8 Å². The molecule has 0 saturated carbocycles. The van der Waals surface area contributed by atoms with Crippen LogP contribution in [0.3, 0.4) is 0 Å². The highest BCUT2D eigenvalue weighted by atomic mass is 19.1. The summed E-state index contributed by atoms with van der Waals surface area (Å²) < 4.78 is 13.5. The molecule has 0 fully saturated rings. The minimum atomic E-state index is -0.206. The van der Waals surface area contributed by atoms with Gasteiger partial charge in [-0.25, -0.2) is 4.39 Å². The van der Waals surface area contributed by atoms with E-state index in [2.05, 4.69) is 4.98 Å². The monoisotopic (exact) mass is 216 g/mol. The lowest BCUT2D eigenvalue weighted by atomic mass is 10.1. The van der Waals surface area contributed by atoms with Crippen LogP contribution in [0.2, 0.25) is 0 Å². The van der Waals surface area contributed by atoms with E-state index < -0.39 is 0 Å². The average molecular weight is 216 g/mol. The van der Waals surface area contributed by atoms with Crippen molar-refractivity contribution < 1.29 is 4.39 Å². The Bertz CT molecular complexity index is 469. The predicted octanol–water partition coefficient (Wildman–Crippen LogP) is 2.27. The molecule has 1 heterocycles. The summed E-state index contributed by atoms with van der Waals surface area (Å²) in [5, 5.41) is 0. The summed E-state index contributed by atoms with van der Waals surface area (Å²) in [6.45, 7) is 0.426. The van der Waals surface area contributed by atoms with Crippen LogP contribution < -0.4 is 5.73 Å². The Labute approximate surface area is 93.9 Å². The zero-order valence-electron chi connectivity index (χ0n) is 8.86. The van der Waals surface area contributed by atoms with E-state index >= 15 is 0 Å². The first-order chi connectivity index (χ1) is 7.79. The third-order valence-electron chi connectivity index (χ3n) is 2.44. The molecule has 1 aromatic heterocycles. The van der Waals surface area contributed by atoms with Crippen LogP contribution in [0.4, 0.5) is 4.39 Å². The molecule has 0 atom stereocenters. The Hall–Kier alpha value is -1.74. The summed E-state index contributed by atoms with van der Waals surface area (Å²) in [4.78, 5) is 4.17. The van der Waals surface area contributed by atoms with Gasteiger partial charge in [0.2, 0.25) is 0 Å². The van der Waals surface area contributed by atoms with E-state index in [0.717, 1.165) is 11.3 Å². The summed E-state index contributed by atoms with van der Waals surface area (Å²) in [6.07, 6.45) is 2.21. The molecule has 0 spiro atoms. The Morgan fingerprint density at radius 3 is 2.75 bits per heavy atom. The molecule has 2 nitrogen and oxygen atoms in total. The summed E-state index contributed by atoms with van der Waals surface area (Å²) in [6, 6.07) is 10.6. The number of rotatable bonds is 3. The van der Waals surface area contributed by atoms with Gasteiger partial charge in [0.1, 0.15) is 5.82 Å². The highest BCUT2D eigenvalue weighted by Crippen LogP contribution is 2.14. The van der Waals surface area contributed by atoms with E-state index in [9.17, 15) is 4.39 Å². The maximum absolute atomic E-state index is 13.5. The SMILES string of the molecule is NCc1ccc(F)c(Cc2ccccn2)c1. The summed E-state index contributed by atoms with van der Waals surface area (Å²) >= 11 is 0. The van der Waals surface area contributed by atoms with Gasteiger partial charge in [0.25, 0.3) is 0 Å². The molecule has 0 radical (unpaired) electrons. The van der Waals surface area contributed by atoms with Gasteiger partial charge >= 0.3 is 0 Å². The maximum Gasteiger partial charge on any atom is 0.126 e. The van der Waals surface area contributed by atoms with Gasteiger partial charge in [0, 0.05) is 24.9 Å². The van der Waals surface area contributed by atoms with Crippen molar-refractivity contribution in [3.63, 3.8) is 0 Å². The maximum atomic E-state index is 13.5. The van der Waals surface area contributed by atoms with E-state index in [1.807, 2.05) is 18.2 Å². The molecule has 2 aromatic rings. The Kier molecular flexibility index (Phi) is 3.27. The lowest BCUT2D eigenvalue weighted by Gasteiger charge is -2.05. The van der Waals surface area contributed by atoms with Gasteiger partial charge in [-0.1, -0.05) is 18.2 Å². The largest absolute Gasteiger partial charge is 0.326 e. The molecular formula is C13H13FN2. The zero-order valence-corrected chi connectivity index (χ0v) is 8.86. The van der Waals surface area contributed by atoms with Gasteiger partial charge in [-0.15, -0.1) is 0 Å². The summed E-state index contributed by atoms with van der Waals surface area (Å²) in [7, 11) is 0. The number of benzene rings is 1. The van der Waals surface area contributed by atoms with Crippen molar-refractivity contribution in [3.05, 3.63) is 65.2 Å². The van der Waals surface area contributed by atoms with Crippen molar-refractivity contribution in [2.75, 3.05) is 0 Å². The first kappa shape index (κ1) is 10.8. The predicted molar refractivity (Wildman–Crippen MR) is 61.3 cm³/mol. The number of nitrogens with zero attached hydrogens (tertiary/aromatic N) is 1. The van der Waals surface area contributed by atoms with Crippen molar-refractivity contribution >= 4 is 0 Å². The molecule has 2 rings (SSSR count). The van der Waals surface area contributed by atoms with E-state index in [1.54, 1.807) is 18.3 Å². The van der Waals surface area contributed by atoms with Crippen molar-refractivity contribution in [3.8, 4) is 0 Å². The van der Waals surface area contributed by atoms with E-state index in [0.29, 0.717) is 18.5 Å². The highest BCUT2D eigenvalue weighted by molar-refractivity contribution is 5.28. The Morgan fingerprint density at radius 2 is 2.06 bits per heavy atom. The average Bonchev–Trinajstić information content (AvgIpc) is 2.33. The van der Waals surface area contributed by atoms with Gasteiger partial charge in [-0.2, -0.15) is 0 Å². The topological polar surface area (TPSA) is 38.9 Å². The van der Waals surface area contributed by atoms with Crippen LogP contribution in [-0.2, 0) is 13.0 Å². The van der Waals surface area contributed by atoms with Crippen LogP contribution in [0.25, 0.3) is 0 Å². The highest BCUT2D eigenvalue weighted by Gasteiger charge is 2.04. The van der Waals surface area contributed by atoms with Crippen molar-refractivity contribution in [2.45, 2.75) is 13.0 Å². The molecular weight excluding hydrogens is 203 g/mol. The second-order valence-electron chi connectivity index (χ2n) is 3.63. The Morgan fingerprint density at radius 1 is 1.19 bits per heavy atom. The standard InChI is InChI=1S/C13H13FN2/c14-13-5-4-10(9-15)7-11(13)8-12-3-1-2-6-16-12/h1-7H,8-9,15H2. The van der Waals surface area contributed by atoms with E-state index in [1.165, 1.54) is 6.07 Å². The molecule has 1 aromatic carbocycles. The van der Waals surface area contributed by atoms with Crippen molar-refractivity contribution in [1.29, 1.82) is 0 Å². The van der Waals surface area contributed by atoms with Gasteiger partial charge in [0.05, 0.1) is 0 Å². The van der Waals surface area contributed by atoms with E-state index in [-0.39, 0.29) is 5.82 Å². The quantitative estimate of drug-likeness (QED) is 0.854. The fourth-order valence-electron chi connectivity index (χ4n) is 1.59. The molecule has 0 aliphatic heterocycles. The fraction of sp³-hybridized carbons (Fsp3) is 0.154. The smallest absolute Gasteiger partial charge is 0.126 e. The number of nitrogens with two attached hydrogens (primary N) is 1. The number of hydrogen-bond acceptors (Lipinski definition) is 2. The lowest BCUT2D eigenvalue weighted by molar-refractivity contribution is 0.612. The molecule has 3 heteroatoms. The van der Waals surface area contributed by atoms with Gasteiger partial charge in [0.15, 0.2) is 0 Å². The van der Waals surface area contributed by atoms with Crippen molar-refractivity contribution in [2.24, 2.45) is 5.73 Å². The lowest BCUT2D eigenvalue weighted by Crippen LogP contribution is -2.00. The molecule has 0 aliphatic rings. The summed E-state index contributed by atoms with van der Waals surface area (Å²) in [5.41, 5.74) is 7.96. The van der Waals surface area contributed by atoms with Crippen LogP contribution in [0.15, 0.2) is 42.6 Å². The third kappa shape index (κ3) is 2.44. The minimum Gasteiger partial charge on any atom is -0.326 e. The summed E-state index contributed by atoms with van der Waals surface area (Å²) in [5.74, 6) is -0.206. The molecule has 0 amide bonds. The first-order valence-electron chi connectivity index (χ1n) is 5.17. The fourth-order valence-corrected chi connectivity index (χ4v) is 1.59. The Balaban J connectivity index is 2.27. The second-order valence-corrected chi connectivity index (χ2v) is 3.63. The molecule has 0 unspecified atom stereocenters. The second kappa shape index (κ2) is 4.86. The van der Waals surface area contributed by atoms with Gasteiger partial charge in [-0.3, -0.25) is 4.98 Å². The normalized spacial score (nSPS) is 10.4. The van der Waals surface area contributed by atoms with Crippen LogP contribution in [0, 0.1) is 5.82 Å². The van der Waals surface area contributed by atoms with Crippen LogP contribution in [-0.4, -0.2) is 4.98 Å². The molecule has 0 bridgehead atoms. The first-order valence-corrected chi connectivity index (χ1v) is 5.17. The molecule has 0 aliphatic carbocycles. The van der Waals surface area contributed by atoms with Crippen molar-refractivity contribution in [1.82, 2.24) is 4.98 Å². The molecule has 82 valence electrons. The molecule has 2 N–H and O–H groups in total. The number of halogens is 1. The van der Waals surface area contributed by atoms with Crippen LogP contribution >= 0.6 is 0 Å². The number of hydrogen-bond donors (Lipinski definition) is 1.